The van der Waals surface area contributed by atoms with E-state index in [1.54, 1.807) is 40.8 Å². The largest absolute Gasteiger partial charge is 0.493 e. The highest BCUT2D eigenvalue weighted by Crippen LogP contribution is 2.31. The summed E-state index contributed by atoms with van der Waals surface area (Å²) in [7, 11) is 1.51. The Labute approximate surface area is 195 Å². The van der Waals surface area contributed by atoms with Gasteiger partial charge in [0.25, 0.3) is 11.5 Å². The third-order valence-corrected chi connectivity index (χ3v) is 6.37. The van der Waals surface area contributed by atoms with E-state index in [-0.39, 0.29) is 23.6 Å². The van der Waals surface area contributed by atoms with Gasteiger partial charge in [0.15, 0.2) is 16.7 Å². The lowest BCUT2D eigenvalue weighted by Crippen LogP contribution is -2.35. The van der Waals surface area contributed by atoms with Gasteiger partial charge in [-0.3, -0.25) is 19.9 Å². The quantitative estimate of drug-likeness (QED) is 0.553. The molecule has 0 radical (unpaired) electrons. The Kier molecular flexibility index (Phi) is 5.30. The summed E-state index contributed by atoms with van der Waals surface area (Å²) in [6, 6.07) is 6.54. The number of benzene rings is 1. The molecule has 0 bridgehead atoms. The van der Waals surface area contributed by atoms with Crippen LogP contribution in [0.4, 0.5) is 0 Å². The first-order chi connectivity index (χ1) is 15.9. The number of amides is 1. The predicted molar refractivity (Wildman–Crippen MR) is 126 cm³/mol. The number of methoxy groups -OCH3 is 1. The Bertz CT molecular complexity index is 1470. The summed E-state index contributed by atoms with van der Waals surface area (Å²) in [5, 5.41) is 15.4. The zero-order valence-corrected chi connectivity index (χ0v) is 19.1. The molecule has 1 amide bonds. The molecule has 0 saturated carbocycles. The van der Waals surface area contributed by atoms with E-state index in [2.05, 4.69) is 15.1 Å². The lowest BCUT2D eigenvalue weighted by atomic mass is 10.1. The Morgan fingerprint density at radius 3 is 2.88 bits per heavy atom. The normalized spacial score (nSPS) is 16.5. The third-order valence-electron chi connectivity index (χ3n) is 4.79. The Morgan fingerprint density at radius 2 is 2.06 bits per heavy atom. The highest BCUT2D eigenvalue weighted by Gasteiger charge is 2.31. The lowest BCUT2D eigenvalue weighted by Gasteiger charge is -2.22. The summed E-state index contributed by atoms with van der Waals surface area (Å²) >= 11 is 2.62. The van der Waals surface area contributed by atoms with Gasteiger partial charge in [0.1, 0.15) is 17.5 Å². The summed E-state index contributed by atoms with van der Waals surface area (Å²) in [5.74, 6) is 0.488. The van der Waals surface area contributed by atoms with Gasteiger partial charge < -0.3 is 9.47 Å². The van der Waals surface area contributed by atoms with Crippen molar-refractivity contribution >= 4 is 51.0 Å². The molecule has 2 aromatic heterocycles. The fraction of sp³-hybridized carbons (Fsp3) is 0.143. The van der Waals surface area contributed by atoms with Gasteiger partial charge in [-0.25, -0.2) is 4.98 Å². The molecular formula is C21H16N6O4S2. The standard InChI is InChI=1S/C21H16N6O4S2/c1-11-25-27-17(28)9-13(23-21(27)33-11)10-31-15-4-3-12(8-16(15)30-2)7-14-18(22)26-5-6-32-20(26)24-19(14)29/h3-9,22H,10H2,1-2H3/b14-7-,22-18?. The zero-order chi connectivity index (χ0) is 23.1. The fourth-order valence-corrected chi connectivity index (χ4v) is 4.74. The molecule has 1 N–H and O–H groups in total. The SMILES string of the molecule is COc1cc(/C=C2/C(=N)N3C=CSC3=NC2=O)ccc1OCc1cc(=O)n2nc(C)sc2n1. The van der Waals surface area contributed by atoms with Gasteiger partial charge in [0.05, 0.1) is 18.4 Å². The molecule has 0 atom stereocenters. The first kappa shape index (κ1) is 21.1. The van der Waals surface area contributed by atoms with Crippen LogP contribution in [-0.2, 0) is 11.4 Å². The first-order valence-corrected chi connectivity index (χ1v) is 11.4. The number of nitrogens with one attached hydrogen (secondary N) is 1. The molecule has 2 aliphatic rings. The minimum absolute atomic E-state index is 0.0663. The molecule has 0 aliphatic carbocycles. The maximum atomic E-state index is 12.4. The number of aliphatic imine (C=N–C) groups is 1. The first-order valence-electron chi connectivity index (χ1n) is 9.66. The van der Waals surface area contributed by atoms with Gasteiger partial charge >= 0.3 is 0 Å². The van der Waals surface area contributed by atoms with E-state index in [9.17, 15) is 9.59 Å². The molecule has 0 saturated heterocycles. The number of aromatic nitrogens is 3. The van der Waals surface area contributed by atoms with Crippen LogP contribution in [-0.4, -0.2) is 43.5 Å². The number of hydrogen-bond donors (Lipinski definition) is 1. The van der Waals surface area contributed by atoms with Crippen molar-refractivity contribution in [3.05, 3.63) is 68.1 Å². The maximum Gasteiger partial charge on any atom is 0.283 e. The number of fused-ring (bicyclic) bond motifs is 2. The minimum Gasteiger partial charge on any atom is -0.493 e. The Morgan fingerprint density at radius 1 is 1.21 bits per heavy atom. The van der Waals surface area contributed by atoms with Gasteiger partial charge in [-0.1, -0.05) is 29.2 Å². The van der Waals surface area contributed by atoms with Crippen molar-refractivity contribution in [1.29, 1.82) is 5.41 Å². The molecule has 2 aliphatic heterocycles. The lowest BCUT2D eigenvalue weighted by molar-refractivity contribution is -0.114. The summed E-state index contributed by atoms with van der Waals surface area (Å²) in [5.41, 5.74) is 1.04. The Hall–Kier alpha value is -3.77. The van der Waals surface area contributed by atoms with Gasteiger partial charge in [-0.15, -0.1) is 0 Å². The highest BCUT2D eigenvalue weighted by atomic mass is 32.2. The van der Waals surface area contributed by atoms with E-state index < -0.39 is 5.91 Å². The van der Waals surface area contributed by atoms with Crippen LogP contribution in [0.15, 0.2) is 51.2 Å². The molecule has 3 aromatic rings. The van der Waals surface area contributed by atoms with Crippen LogP contribution < -0.4 is 15.0 Å². The highest BCUT2D eigenvalue weighted by molar-refractivity contribution is 8.16. The summed E-state index contributed by atoms with van der Waals surface area (Å²) in [6.07, 6.45) is 3.30. The molecule has 5 rings (SSSR count). The fourth-order valence-electron chi connectivity index (χ4n) is 3.27. The summed E-state index contributed by atoms with van der Waals surface area (Å²) in [4.78, 5) is 35.1. The molecule has 4 heterocycles. The average Bonchev–Trinajstić information content (AvgIpc) is 3.41. The van der Waals surface area contributed by atoms with Gasteiger partial charge in [0.2, 0.25) is 4.96 Å². The number of rotatable bonds is 5. The van der Waals surface area contributed by atoms with Crippen LogP contribution in [0.3, 0.4) is 0 Å². The number of carbonyl (C=O) groups is 1. The smallest absolute Gasteiger partial charge is 0.283 e. The number of hydrogen-bond acceptors (Lipinski definition) is 9. The second-order valence-corrected chi connectivity index (χ2v) is 9.01. The van der Waals surface area contributed by atoms with Gasteiger partial charge in [0, 0.05) is 12.3 Å². The van der Waals surface area contributed by atoms with E-state index >= 15 is 0 Å². The molecule has 0 fully saturated rings. The number of thioether (sulfide) groups is 1. The summed E-state index contributed by atoms with van der Waals surface area (Å²) < 4.78 is 12.6. The second-order valence-electron chi connectivity index (χ2n) is 6.98. The van der Waals surface area contributed by atoms with Gasteiger partial charge in [-0.2, -0.15) is 14.6 Å². The van der Waals surface area contributed by atoms with E-state index in [4.69, 9.17) is 14.9 Å². The van der Waals surface area contributed by atoms with Crippen molar-refractivity contribution in [1.82, 2.24) is 19.5 Å². The van der Waals surface area contributed by atoms with Crippen molar-refractivity contribution in [2.24, 2.45) is 4.99 Å². The molecule has 166 valence electrons. The van der Waals surface area contributed by atoms with Crippen molar-refractivity contribution in [3.63, 3.8) is 0 Å². The third kappa shape index (κ3) is 3.94. The number of carbonyl (C=O) groups excluding carboxylic acids is 1. The van der Waals surface area contributed by atoms with E-state index in [1.807, 2.05) is 6.92 Å². The average molecular weight is 481 g/mol. The van der Waals surface area contributed by atoms with Crippen molar-refractivity contribution in [2.75, 3.05) is 7.11 Å². The van der Waals surface area contributed by atoms with Crippen LogP contribution in [0.5, 0.6) is 11.5 Å². The minimum atomic E-state index is -0.465. The van der Waals surface area contributed by atoms with E-state index in [0.29, 0.717) is 32.9 Å². The molecule has 0 unspecified atom stereocenters. The van der Waals surface area contributed by atoms with Crippen LogP contribution in [0.25, 0.3) is 11.0 Å². The number of aryl methyl sites for hydroxylation is 1. The zero-order valence-electron chi connectivity index (χ0n) is 17.4. The maximum absolute atomic E-state index is 12.4. The predicted octanol–water partition coefficient (Wildman–Crippen LogP) is 2.82. The topological polar surface area (TPSA) is 122 Å². The Balaban J connectivity index is 1.38. The molecule has 12 heteroatoms. The van der Waals surface area contributed by atoms with Crippen LogP contribution in [0, 0.1) is 12.3 Å². The van der Waals surface area contributed by atoms with Crippen LogP contribution >= 0.6 is 23.1 Å². The van der Waals surface area contributed by atoms with Gasteiger partial charge in [-0.05, 0) is 36.1 Å². The summed E-state index contributed by atoms with van der Waals surface area (Å²) in [6.45, 7) is 1.88. The van der Waals surface area contributed by atoms with E-state index in [0.717, 1.165) is 5.01 Å². The van der Waals surface area contributed by atoms with E-state index in [1.165, 1.54) is 40.8 Å². The van der Waals surface area contributed by atoms with Crippen LogP contribution in [0.2, 0.25) is 0 Å². The van der Waals surface area contributed by atoms with Crippen molar-refractivity contribution in [2.45, 2.75) is 13.5 Å². The van der Waals surface area contributed by atoms with Crippen molar-refractivity contribution < 1.29 is 14.3 Å². The molecular weight excluding hydrogens is 464 g/mol. The second kappa shape index (κ2) is 8.30. The monoisotopic (exact) mass is 480 g/mol. The molecule has 0 spiro atoms. The molecule has 10 nitrogen and oxygen atoms in total. The molecule has 33 heavy (non-hydrogen) atoms. The number of nitrogens with zero attached hydrogens (tertiary/aromatic N) is 5. The molecule has 1 aromatic carbocycles. The van der Waals surface area contributed by atoms with Crippen molar-refractivity contribution in [3.8, 4) is 11.5 Å². The number of amidine groups is 2. The number of ether oxygens (including phenoxy) is 2. The van der Waals surface area contributed by atoms with Crippen LogP contribution in [0.1, 0.15) is 16.3 Å².